The number of nitrogens with zero attached hydrogens (tertiary/aromatic N) is 2. The molecule has 1 amide bonds. The number of carboxylic acid groups (broad SMARTS) is 1. The number of nitrogens with one attached hydrogen (secondary N) is 1. The van der Waals surface area contributed by atoms with Crippen molar-refractivity contribution in [2.45, 2.75) is 12.8 Å². The maximum Gasteiger partial charge on any atom is 0.303 e. The average molecular weight is 301 g/mol. The van der Waals surface area contributed by atoms with Gasteiger partial charge in [-0.3, -0.25) is 14.4 Å². The van der Waals surface area contributed by atoms with E-state index in [1.807, 2.05) is 0 Å². The third kappa shape index (κ3) is 3.78. The van der Waals surface area contributed by atoms with Crippen LogP contribution in [0, 0.1) is 0 Å². The van der Waals surface area contributed by atoms with E-state index < -0.39 is 5.97 Å². The van der Waals surface area contributed by atoms with Gasteiger partial charge in [0.1, 0.15) is 0 Å². The molecular weight excluding hydrogens is 286 g/mol. The lowest BCUT2D eigenvalue weighted by Crippen LogP contribution is -2.13. The summed E-state index contributed by atoms with van der Waals surface area (Å²) in [6.45, 7) is 0. The summed E-state index contributed by atoms with van der Waals surface area (Å²) < 4.78 is 1.63. The van der Waals surface area contributed by atoms with Gasteiger partial charge in [-0.05, 0) is 24.3 Å². The van der Waals surface area contributed by atoms with Gasteiger partial charge in [-0.25, -0.2) is 4.98 Å². The molecule has 1 aromatic carbocycles. The topological polar surface area (TPSA) is 101 Å². The molecule has 0 aliphatic carbocycles. The Bertz CT molecular complexity index is 704. The molecule has 0 radical (unpaired) electrons. The van der Waals surface area contributed by atoms with Crippen LogP contribution in [0.3, 0.4) is 0 Å². The first-order chi connectivity index (χ1) is 10.5. The fourth-order valence-corrected chi connectivity index (χ4v) is 1.86. The van der Waals surface area contributed by atoms with Gasteiger partial charge in [0.25, 0.3) is 0 Å². The number of carbonyl (C=O) groups excluding carboxylic acids is 2. The van der Waals surface area contributed by atoms with Crippen LogP contribution in [0.15, 0.2) is 36.7 Å². The van der Waals surface area contributed by atoms with Gasteiger partial charge < -0.3 is 15.0 Å². The Morgan fingerprint density at radius 2 is 1.86 bits per heavy atom. The van der Waals surface area contributed by atoms with E-state index >= 15 is 0 Å². The zero-order valence-electron chi connectivity index (χ0n) is 11.9. The molecule has 2 rings (SSSR count). The van der Waals surface area contributed by atoms with E-state index in [1.165, 1.54) is 0 Å². The van der Waals surface area contributed by atoms with E-state index in [0.717, 1.165) is 0 Å². The molecule has 0 saturated heterocycles. The summed E-state index contributed by atoms with van der Waals surface area (Å²) in [6, 6.07) is 6.36. The van der Waals surface area contributed by atoms with Crippen LogP contribution in [0.4, 0.5) is 5.69 Å². The number of carboxylic acids is 1. The van der Waals surface area contributed by atoms with E-state index in [4.69, 9.17) is 5.11 Å². The van der Waals surface area contributed by atoms with E-state index in [9.17, 15) is 14.4 Å². The van der Waals surface area contributed by atoms with Crippen molar-refractivity contribution in [1.29, 1.82) is 0 Å². The number of aryl methyl sites for hydroxylation is 1. The lowest BCUT2D eigenvalue weighted by atomic mass is 10.1. The summed E-state index contributed by atoms with van der Waals surface area (Å²) in [7, 11) is 1.73. The number of imidazole rings is 1. The normalized spacial score (nSPS) is 10.2. The molecule has 2 aromatic rings. The first kappa shape index (κ1) is 15.4. The zero-order valence-corrected chi connectivity index (χ0v) is 11.9. The van der Waals surface area contributed by atoms with Gasteiger partial charge in [0.15, 0.2) is 5.82 Å². The Morgan fingerprint density at radius 1 is 1.18 bits per heavy atom. The van der Waals surface area contributed by atoms with E-state index in [1.54, 1.807) is 48.3 Å². The highest BCUT2D eigenvalue weighted by molar-refractivity contribution is 6.07. The molecule has 0 spiro atoms. The molecule has 0 bridgehead atoms. The van der Waals surface area contributed by atoms with Gasteiger partial charge in [-0.15, -0.1) is 0 Å². The number of anilines is 1. The minimum atomic E-state index is -1.02. The highest BCUT2D eigenvalue weighted by Gasteiger charge is 2.13. The predicted octanol–water partition coefficient (Wildman–Crippen LogP) is 1.45. The van der Waals surface area contributed by atoms with Crippen molar-refractivity contribution in [2.24, 2.45) is 7.05 Å². The number of aliphatic carboxylic acids is 1. The van der Waals surface area contributed by atoms with Crippen LogP contribution >= 0.6 is 0 Å². The Morgan fingerprint density at radius 3 is 2.41 bits per heavy atom. The van der Waals surface area contributed by atoms with Crippen molar-refractivity contribution in [1.82, 2.24) is 9.55 Å². The minimum absolute atomic E-state index is 0.0940. The third-order valence-corrected chi connectivity index (χ3v) is 3.02. The fourth-order valence-electron chi connectivity index (χ4n) is 1.86. The summed E-state index contributed by atoms with van der Waals surface area (Å²) >= 11 is 0. The van der Waals surface area contributed by atoms with Crippen molar-refractivity contribution in [3.05, 3.63) is 48.0 Å². The second kappa shape index (κ2) is 6.66. The van der Waals surface area contributed by atoms with Crippen molar-refractivity contribution < 1.29 is 19.5 Å². The number of carbonyl (C=O) groups is 3. The molecule has 1 heterocycles. The largest absolute Gasteiger partial charge is 0.481 e. The molecule has 0 aliphatic heterocycles. The maximum atomic E-state index is 12.2. The molecular formula is C15H15N3O4. The molecule has 0 saturated carbocycles. The molecule has 114 valence electrons. The monoisotopic (exact) mass is 301 g/mol. The number of rotatable bonds is 6. The summed E-state index contributed by atoms with van der Waals surface area (Å²) in [5.41, 5.74) is 0.963. The Hall–Kier alpha value is -2.96. The van der Waals surface area contributed by atoms with Crippen LogP contribution in [0.2, 0.25) is 0 Å². The lowest BCUT2D eigenvalue weighted by molar-refractivity contribution is -0.138. The zero-order chi connectivity index (χ0) is 16.1. The first-order valence-electron chi connectivity index (χ1n) is 6.61. The van der Waals surface area contributed by atoms with Crippen LogP contribution in [-0.2, 0) is 16.6 Å². The molecule has 0 aliphatic rings. The highest BCUT2D eigenvalue weighted by Crippen LogP contribution is 2.13. The van der Waals surface area contributed by atoms with E-state index in [2.05, 4.69) is 10.3 Å². The molecule has 1 aromatic heterocycles. The molecule has 2 N–H and O–H groups in total. The SMILES string of the molecule is Cn1ccnc1C(=O)c1ccc(NC(=O)CCC(=O)O)cc1. The van der Waals surface area contributed by atoms with Crippen LogP contribution < -0.4 is 5.32 Å². The molecule has 7 nitrogen and oxygen atoms in total. The number of aromatic nitrogens is 2. The number of hydrogen-bond donors (Lipinski definition) is 2. The lowest BCUT2D eigenvalue weighted by Gasteiger charge is -2.06. The Labute approximate surface area is 126 Å². The predicted molar refractivity (Wildman–Crippen MR) is 78.6 cm³/mol. The fraction of sp³-hybridized carbons (Fsp3) is 0.200. The first-order valence-corrected chi connectivity index (χ1v) is 6.61. The number of hydrogen-bond acceptors (Lipinski definition) is 4. The van der Waals surface area contributed by atoms with Gasteiger partial charge >= 0.3 is 5.97 Å². The van der Waals surface area contributed by atoms with Gasteiger partial charge in [-0.2, -0.15) is 0 Å². The molecule has 0 atom stereocenters. The van der Waals surface area contributed by atoms with Crippen LogP contribution in [0.25, 0.3) is 0 Å². The van der Waals surface area contributed by atoms with Gasteiger partial charge in [0.05, 0.1) is 6.42 Å². The Balaban J connectivity index is 2.01. The maximum absolute atomic E-state index is 12.2. The molecule has 7 heteroatoms. The van der Waals surface area contributed by atoms with Crippen molar-refractivity contribution in [3.63, 3.8) is 0 Å². The van der Waals surface area contributed by atoms with Crippen molar-refractivity contribution in [3.8, 4) is 0 Å². The summed E-state index contributed by atoms with van der Waals surface area (Å²) in [5, 5.41) is 11.1. The smallest absolute Gasteiger partial charge is 0.303 e. The van der Waals surface area contributed by atoms with E-state index in [0.29, 0.717) is 17.1 Å². The van der Waals surface area contributed by atoms with Gasteiger partial charge in [0, 0.05) is 37.1 Å². The minimum Gasteiger partial charge on any atom is -0.481 e. The second-order valence-electron chi connectivity index (χ2n) is 4.71. The van der Waals surface area contributed by atoms with Crippen LogP contribution in [0.5, 0.6) is 0 Å². The summed E-state index contributed by atoms with van der Waals surface area (Å²) in [4.78, 5) is 38.1. The molecule has 0 fully saturated rings. The highest BCUT2D eigenvalue weighted by atomic mass is 16.4. The quantitative estimate of drug-likeness (QED) is 0.786. The molecule has 0 unspecified atom stereocenters. The number of amides is 1. The van der Waals surface area contributed by atoms with Crippen molar-refractivity contribution >= 4 is 23.3 Å². The summed E-state index contributed by atoms with van der Waals surface area (Å²) in [6.07, 6.45) is 2.92. The number of benzene rings is 1. The third-order valence-electron chi connectivity index (χ3n) is 3.02. The Kier molecular flexibility index (Phi) is 4.67. The van der Waals surface area contributed by atoms with E-state index in [-0.39, 0.29) is 24.5 Å². The second-order valence-corrected chi connectivity index (χ2v) is 4.71. The van der Waals surface area contributed by atoms with Crippen molar-refractivity contribution in [2.75, 3.05) is 5.32 Å². The summed E-state index contributed by atoms with van der Waals surface area (Å²) in [5.74, 6) is -1.29. The standard InChI is InChI=1S/C15H15N3O4/c1-18-9-8-16-15(18)14(22)10-2-4-11(5-3-10)17-12(19)6-7-13(20)21/h2-5,8-9H,6-7H2,1H3,(H,17,19)(H,20,21). The van der Waals surface area contributed by atoms with Gasteiger partial charge in [0.2, 0.25) is 11.7 Å². The number of ketones is 1. The average Bonchev–Trinajstić information content (AvgIpc) is 2.91. The molecule has 22 heavy (non-hydrogen) atoms. The van der Waals surface area contributed by atoms with Gasteiger partial charge in [-0.1, -0.05) is 0 Å². The van der Waals surface area contributed by atoms with Crippen LogP contribution in [0.1, 0.15) is 29.0 Å². The van der Waals surface area contributed by atoms with Crippen LogP contribution in [-0.4, -0.2) is 32.3 Å².